The Bertz CT molecular complexity index is 671. The second kappa shape index (κ2) is 5.09. The van der Waals surface area contributed by atoms with Gasteiger partial charge in [0.1, 0.15) is 5.82 Å². The lowest BCUT2D eigenvalue weighted by atomic mass is 10.00. The van der Waals surface area contributed by atoms with Gasteiger partial charge in [-0.3, -0.25) is 4.79 Å². The van der Waals surface area contributed by atoms with Gasteiger partial charge in [-0.05, 0) is 58.7 Å². The van der Waals surface area contributed by atoms with E-state index in [-0.39, 0.29) is 10.0 Å². The van der Waals surface area contributed by atoms with Gasteiger partial charge in [-0.25, -0.2) is 8.78 Å². The topological polar surface area (TPSA) is 43.1 Å². The van der Waals surface area contributed by atoms with E-state index >= 15 is 0 Å². The van der Waals surface area contributed by atoms with Crippen molar-refractivity contribution in [2.24, 2.45) is 0 Å². The molecule has 0 saturated carbocycles. The van der Waals surface area contributed by atoms with E-state index in [1.165, 1.54) is 24.3 Å². The zero-order chi connectivity index (χ0) is 14.2. The summed E-state index contributed by atoms with van der Waals surface area (Å²) in [6.45, 7) is 1.72. The number of anilines is 1. The highest BCUT2D eigenvalue weighted by molar-refractivity contribution is 9.10. The second-order valence-electron chi connectivity index (χ2n) is 4.12. The summed E-state index contributed by atoms with van der Waals surface area (Å²) >= 11 is 2.93. The molecule has 0 saturated heterocycles. The minimum absolute atomic E-state index is 0.0458. The van der Waals surface area contributed by atoms with E-state index in [9.17, 15) is 13.6 Å². The van der Waals surface area contributed by atoms with Crippen molar-refractivity contribution in [2.45, 2.75) is 6.92 Å². The Hall–Kier alpha value is -1.75. The van der Waals surface area contributed by atoms with E-state index in [0.29, 0.717) is 11.3 Å². The molecule has 2 N–H and O–H groups in total. The number of rotatable bonds is 2. The van der Waals surface area contributed by atoms with Gasteiger partial charge >= 0.3 is 0 Å². The maximum atomic E-state index is 13.8. The highest BCUT2D eigenvalue weighted by Gasteiger charge is 2.21. The molecule has 0 amide bonds. The van der Waals surface area contributed by atoms with Crippen molar-refractivity contribution in [1.29, 1.82) is 0 Å². The summed E-state index contributed by atoms with van der Waals surface area (Å²) < 4.78 is 27.5. The molecular weight excluding hydrogens is 316 g/mol. The molecule has 98 valence electrons. The van der Waals surface area contributed by atoms with Crippen molar-refractivity contribution in [1.82, 2.24) is 0 Å². The van der Waals surface area contributed by atoms with E-state index in [0.717, 1.165) is 6.07 Å². The molecular formula is C14H10BrF2NO. The van der Waals surface area contributed by atoms with Crippen LogP contribution in [0.3, 0.4) is 0 Å². The third-order valence-corrected chi connectivity index (χ3v) is 3.42. The molecule has 5 heteroatoms. The lowest BCUT2D eigenvalue weighted by Crippen LogP contribution is -2.08. The van der Waals surface area contributed by atoms with Crippen molar-refractivity contribution in [3.05, 3.63) is 63.1 Å². The highest BCUT2D eigenvalue weighted by atomic mass is 79.9. The molecule has 0 unspecified atom stereocenters. The van der Waals surface area contributed by atoms with Crippen LogP contribution < -0.4 is 5.73 Å². The zero-order valence-electron chi connectivity index (χ0n) is 10.0. The molecule has 0 radical (unpaired) electrons. The Kier molecular flexibility index (Phi) is 3.66. The number of nitrogens with two attached hydrogens (primary N) is 1. The van der Waals surface area contributed by atoms with Crippen LogP contribution in [-0.2, 0) is 0 Å². The van der Waals surface area contributed by atoms with Crippen molar-refractivity contribution < 1.29 is 13.6 Å². The molecule has 19 heavy (non-hydrogen) atoms. The number of hydrogen-bond acceptors (Lipinski definition) is 2. The number of aryl methyl sites for hydroxylation is 1. The Morgan fingerprint density at radius 1 is 1.21 bits per heavy atom. The Balaban J connectivity index is 2.56. The monoisotopic (exact) mass is 325 g/mol. The van der Waals surface area contributed by atoms with Crippen LogP contribution >= 0.6 is 15.9 Å². The molecule has 0 aliphatic rings. The van der Waals surface area contributed by atoms with Gasteiger partial charge in [0.2, 0.25) is 0 Å². The molecule has 0 aliphatic carbocycles. The third-order valence-electron chi connectivity index (χ3n) is 2.80. The SMILES string of the molecule is Cc1cc(C(=O)c2c(F)ccc(Br)c2F)ccc1N. The smallest absolute Gasteiger partial charge is 0.198 e. The number of carbonyl (C=O) groups excluding carboxylic acids is 1. The van der Waals surface area contributed by atoms with Crippen LogP contribution in [0.1, 0.15) is 21.5 Å². The van der Waals surface area contributed by atoms with Gasteiger partial charge in [-0.2, -0.15) is 0 Å². The van der Waals surface area contributed by atoms with E-state index in [1.54, 1.807) is 6.92 Å². The molecule has 2 aromatic rings. The minimum atomic E-state index is -0.903. The molecule has 0 heterocycles. The molecule has 2 aromatic carbocycles. The number of carbonyl (C=O) groups is 1. The Labute approximate surface area is 117 Å². The minimum Gasteiger partial charge on any atom is -0.399 e. The number of nitrogen functional groups attached to an aromatic ring is 1. The largest absolute Gasteiger partial charge is 0.399 e. The van der Waals surface area contributed by atoms with Crippen LogP contribution in [0.15, 0.2) is 34.8 Å². The summed E-state index contributed by atoms with van der Waals surface area (Å²) in [6, 6.07) is 6.76. The van der Waals surface area contributed by atoms with Crippen LogP contribution in [0, 0.1) is 18.6 Å². The van der Waals surface area contributed by atoms with Crippen LogP contribution in [-0.4, -0.2) is 5.78 Å². The fraction of sp³-hybridized carbons (Fsp3) is 0.0714. The number of hydrogen-bond donors (Lipinski definition) is 1. The lowest BCUT2D eigenvalue weighted by Gasteiger charge is -2.07. The van der Waals surface area contributed by atoms with E-state index < -0.39 is 23.0 Å². The molecule has 0 spiro atoms. The van der Waals surface area contributed by atoms with Crippen LogP contribution in [0.25, 0.3) is 0 Å². The molecule has 2 rings (SSSR count). The summed E-state index contributed by atoms with van der Waals surface area (Å²) in [7, 11) is 0. The normalized spacial score (nSPS) is 10.5. The average Bonchev–Trinajstić information content (AvgIpc) is 2.37. The summed E-state index contributed by atoms with van der Waals surface area (Å²) in [5.74, 6) is -2.50. The number of benzene rings is 2. The van der Waals surface area contributed by atoms with Crippen LogP contribution in [0.4, 0.5) is 14.5 Å². The fourth-order valence-corrected chi connectivity index (χ4v) is 2.03. The first kappa shape index (κ1) is 13.7. The van der Waals surface area contributed by atoms with E-state index in [1.807, 2.05) is 0 Å². The summed E-state index contributed by atoms with van der Waals surface area (Å²) in [4.78, 5) is 12.2. The molecule has 0 fully saturated rings. The van der Waals surface area contributed by atoms with Gasteiger partial charge in [0.05, 0.1) is 10.0 Å². The van der Waals surface area contributed by atoms with Crippen molar-refractivity contribution in [2.75, 3.05) is 5.73 Å². The maximum Gasteiger partial charge on any atom is 0.198 e. The molecule has 0 bridgehead atoms. The van der Waals surface area contributed by atoms with Gasteiger partial charge in [0.15, 0.2) is 11.6 Å². The van der Waals surface area contributed by atoms with Gasteiger partial charge in [0.25, 0.3) is 0 Å². The molecule has 0 atom stereocenters. The first-order chi connectivity index (χ1) is 8.91. The van der Waals surface area contributed by atoms with Gasteiger partial charge < -0.3 is 5.73 Å². The Morgan fingerprint density at radius 3 is 2.53 bits per heavy atom. The van der Waals surface area contributed by atoms with Crippen molar-refractivity contribution in [3.63, 3.8) is 0 Å². The quantitative estimate of drug-likeness (QED) is 0.517. The molecule has 0 aliphatic heterocycles. The van der Waals surface area contributed by atoms with Crippen LogP contribution in [0.2, 0.25) is 0 Å². The van der Waals surface area contributed by atoms with Gasteiger partial charge in [-0.1, -0.05) is 0 Å². The van der Waals surface area contributed by atoms with Crippen molar-refractivity contribution >= 4 is 27.4 Å². The highest BCUT2D eigenvalue weighted by Crippen LogP contribution is 2.25. The first-order valence-corrected chi connectivity index (χ1v) is 6.25. The van der Waals surface area contributed by atoms with Gasteiger partial charge in [-0.15, -0.1) is 0 Å². The summed E-state index contributed by atoms with van der Waals surface area (Å²) in [6.07, 6.45) is 0. The van der Waals surface area contributed by atoms with Crippen molar-refractivity contribution in [3.8, 4) is 0 Å². The first-order valence-electron chi connectivity index (χ1n) is 5.46. The predicted octanol–water partition coefficient (Wildman–Crippen LogP) is 3.85. The van der Waals surface area contributed by atoms with Gasteiger partial charge in [0, 0.05) is 11.3 Å². The zero-order valence-corrected chi connectivity index (χ0v) is 11.6. The number of halogens is 3. The van der Waals surface area contributed by atoms with E-state index in [4.69, 9.17) is 5.73 Å². The third kappa shape index (κ3) is 2.51. The fourth-order valence-electron chi connectivity index (χ4n) is 1.70. The summed E-state index contributed by atoms with van der Waals surface area (Å²) in [5, 5.41) is 0. The summed E-state index contributed by atoms with van der Waals surface area (Å²) in [5.41, 5.74) is 6.47. The number of ketones is 1. The van der Waals surface area contributed by atoms with Crippen LogP contribution in [0.5, 0.6) is 0 Å². The molecule has 0 aromatic heterocycles. The predicted molar refractivity (Wildman–Crippen MR) is 73.1 cm³/mol. The molecule has 2 nitrogen and oxygen atoms in total. The maximum absolute atomic E-state index is 13.8. The lowest BCUT2D eigenvalue weighted by molar-refractivity contribution is 0.103. The second-order valence-corrected chi connectivity index (χ2v) is 4.97. The van der Waals surface area contributed by atoms with E-state index in [2.05, 4.69) is 15.9 Å². The standard InChI is InChI=1S/C14H10BrF2NO/c1-7-6-8(2-5-11(7)18)14(19)12-10(16)4-3-9(15)13(12)17/h2-6H,18H2,1H3. The Morgan fingerprint density at radius 2 is 1.89 bits per heavy atom. The average molecular weight is 326 g/mol.